The number of thioether (sulfide) groups is 1. The Morgan fingerprint density at radius 2 is 2.42 bits per heavy atom. The molecule has 1 saturated heterocycles. The van der Waals surface area contributed by atoms with E-state index in [1.807, 2.05) is 17.8 Å². The van der Waals surface area contributed by atoms with E-state index in [1.54, 1.807) is 6.07 Å². The molecule has 3 N–H and O–H groups in total. The number of para-hydroxylation sites is 1. The standard InChI is InChI=1S/C12H18N4O2S/c1-15(10-5-6-19-8-10)7-9-3-2-4-11(16(17)18)12(9)14-13/h2-4,10,14H,5-8,13H2,1H3. The molecule has 1 atom stereocenters. The van der Waals surface area contributed by atoms with E-state index < -0.39 is 4.92 Å². The maximum Gasteiger partial charge on any atom is 0.293 e. The molecule has 2 rings (SSSR count). The maximum atomic E-state index is 11.0. The van der Waals surface area contributed by atoms with Crippen LogP contribution in [-0.4, -0.2) is 34.4 Å². The van der Waals surface area contributed by atoms with E-state index in [4.69, 9.17) is 5.84 Å². The van der Waals surface area contributed by atoms with Crippen molar-refractivity contribution in [2.75, 3.05) is 24.0 Å². The minimum absolute atomic E-state index is 0.0224. The maximum absolute atomic E-state index is 11.0. The number of anilines is 1. The molecule has 1 aromatic carbocycles. The van der Waals surface area contributed by atoms with Gasteiger partial charge in [-0.15, -0.1) is 0 Å². The van der Waals surface area contributed by atoms with Crippen molar-refractivity contribution in [3.8, 4) is 0 Å². The summed E-state index contributed by atoms with van der Waals surface area (Å²) in [6, 6.07) is 5.58. The first-order valence-electron chi connectivity index (χ1n) is 6.14. The molecule has 0 spiro atoms. The molecule has 19 heavy (non-hydrogen) atoms. The molecule has 0 saturated carbocycles. The number of nitro benzene ring substituents is 1. The van der Waals surface area contributed by atoms with E-state index in [2.05, 4.69) is 17.4 Å². The number of hydrogen-bond acceptors (Lipinski definition) is 6. The zero-order chi connectivity index (χ0) is 13.8. The Bertz CT molecular complexity index is 463. The van der Waals surface area contributed by atoms with Gasteiger partial charge in [0, 0.05) is 24.4 Å². The summed E-state index contributed by atoms with van der Waals surface area (Å²) in [5.41, 5.74) is 3.76. The van der Waals surface area contributed by atoms with Crippen molar-refractivity contribution in [3.05, 3.63) is 33.9 Å². The second-order valence-electron chi connectivity index (χ2n) is 4.65. The fraction of sp³-hybridized carbons (Fsp3) is 0.500. The number of benzene rings is 1. The van der Waals surface area contributed by atoms with Crippen molar-refractivity contribution >= 4 is 23.1 Å². The lowest BCUT2D eigenvalue weighted by molar-refractivity contribution is -0.384. The van der Waals surface area contributed by atoms with Crippen LogP contribution in [0.3, 0.4) is 0 Å². The van der Waals surface area contributed by atoms with Crippen molar-refractivity contribution in [2.45, 2.75) is 19.0 Å². The van der Waals surface area contributed by atoms with Crippen LogP contribution in [0.15, 0.2) is 18.2 Å². The second-order valence-corrected chi connectivity index (χ2v) is 5.80. The largest absolute Gasteiger partial charge is 0.318 e. The van der Waals surface area contributed by atoms with Gasteiger partial charge in [0.05, 0.1) is 4.92 Å². The molecular formula is C12H18N4O2S. The summed E-state index contributed by atoms with van der Waals surface area (Å²) < 4.78 is 0. The third kappa shape index (κ3) is 3.17. The van der Waals surface area contributed by atoms with E-state index in [0.29, 0.717) is 18.3 Å². The third-order valence-corrected chi connectivity index (χ3v) is 4.56. The first kappa shape index (κ1) is 14.1. The number of nitrogens with zero attached hydrogens (tertiary/aromatic N) is 2. The monoisotopic (exact) mass is 282 g/mol. The number of nitrogen functional groups attached to an aromatic ring is 1. The lowest BCUT2D eigenvalue weighted by atomic mass is 10.1. The van der Waals surface area contributed by atoms with Crippen molar-refractivity contribution in [3.63, 3.8) is 0 Å². The number of hydrogen-bond donors (Lipinski definition) is 2. The van der Waals surface area contributed by atoms with E-state index in [0.717, 1.165) is 11.3 Å². The molecule has 1 aliphatic rings. The molecule has 1 fully saturated rings. The molecule has 0 radical (unpaired) electrons. The zero-order valence-electron chi connectivity index (χ0n) is 10.8. The van der Waals surface area contributed by atoms with Gasteiger partial charge < -0.3 is 5.43 Å². The molecule has 104 valence electrons. The Hall–Kier alpha value is -1.31. The second kappa shape index (κ2) is 6.23. The zero-order valence-corrected chi connectivity index (χ0v) is 11.7. The summed E-state index contributed by atoms with van der Waals surface area (Å²) >= 11 is 1.95. The van der Waals surface area contributed by atoms with E-state index >= 15 is 0 Å². The Morgan fingerprint density at radius 1 is 1.63 bits per heavy atom. The Labute approximate surface area is 116 Å². The molecule has 1 heterocycles. The highest BCUT2D eigenvalue weighted by molar-refractivity contribution is 7.99. The van der Waals surface area contributed by atoms with E-state index in [9.17, 15) is 10.1 Å². The quantitative estimate of drug-likeness (QED) is 0.487. The normalized spacial score (nSPS) is 18.8. The average molecular weight is 282 g/mol. The Kier molecular flexibility index (Phi) is 4.62. The van der Waals surface area contributed by atoms with Gasteiger partial charge in [-0.25, -0.2) is 0 Å². The number of hydrazine groups is 1. The van der Waals surface area contributed by atoms with Crippen LogP contribution in [0.25, 0.3) is 0 Å². The fourth-order valence-electron chi connectivity index (χ4n) is 2.30. The summed E-state index contributed by atoms with van der Waals surface area (Å²) in [4.78, 5) is 12.8. The number of nitro groups is 1. The molecule has 0 aromatic heterocycles. The third-order valence-electron chi connectivity index (χ3n) is 3.42. The van der Waals surface area contributed by atoms with Crippen LogP contribution in [0.2, 0.25) is 0 Å². The molecule has 0 aliphatic carbocycles. The van der Waals surface area contributed by atoms with Crippen LogP contribution in [0.4, 0.5) is 11.4 Å². The van der Waals surface area contributed by atoms with Gasteiger partial charge in [-0.1, -0.05) is 12.1 Å². The molecule has 1 unspecified atom stereocenters. The van der Waals surface area contributed by atoms with Crippen LogP contribution in [-0.2, 0) is 6.54 Å². The summed E-state index contributed by atoms with van der Waals surface area (Å²) in [5, 5.41) is 11.0. The minimum Gasteiger partial charge on any atom is -0.318 e. The van der Waals surface area contributed by atoms with Crippen LogP contribution in [0.1, 0.15) is 12.0 Å². The Balaban J connectivity index is 2.19. The number of nitrogens with two attached hydrogens (primary N) is 1. The molecule has 6 nitrogen and oxygen atoms in total. The smallest absolute Gasteiger partial charge is 0.293 e. The summed E-state index contributed by atoms with van der Waals surface area (Å²) in [6.45, 7) is 0.659. The topological polar surface area (TPSA) is 84.4 Å². The molecule has 0 bridgehead atoms. The predicted octanol–water partition coefficient (Wildman–Crippen LogP) is 1.82. The van der Waals surface area contributed by atoms with Crippen LogP contribution < -0.4 is 11.3 Å². The van der Waals surface area contributed by atoms with Crippen LogP contribution in [0, 0.1) is 10.1 Å². The van der Waals surface area contributed by atoms with Crippen molar-refractivity contribution < 1.29 is 4.92 Å². The minimum atomic E-state index is -0.413. The van der Waals surface area contributed by atoms with E-state index in [-0.39, 0.29) is 5.69 Å². The summed E-state index contributed by atoms with van der Waals surface area (Å²) in [6.07, 6.45) is 1.17. The first-order valence-corrected chi connectivity index (χ1v) is 7.30. The van der Waals surface area contributed by atoms with Gasteiger partial charge in [-0.05, 0) is 24.8 Å². The predicted molar refractivity (Wildman–Crippen MR) is 78.1 cm³/mol. The fourth-order valence-corrected chi connectivity index (χ4v) is 3.60. The summed E-state index contributed by atoms with van der Waals surface area (Å²) in [7, 11) is 2.05. The highest BCUT2D eigenvalue weighted by atomic mass is 32.2. The van der Waals surface area contributed by atoms with E-state index in [1.165, 1.54) is 18.2 Å². The van der Waals surface area contributed by atoms with Gasteiger partial charge in [-0.3, -0.25) is 20.9 Å². The number of nitrogens with one attached hydrogen (secondary N) is 1. The van der Waals surface area contributed by atoms with Crippen LogP contribution >= 0.6 is 11.8 Å². The van der Waals surface area contributed by atoms with Gasteiger partial charge in [0.2, 0.25) is 0 Å². The van der Waals surface area contributed by atoms with Gasteiger partial charge >= 0.3 is 0 Å². The highest BCUT2D eigenvalue weighted by Gasteiger charge is 2.22. The van der Waals surface area contributed by atoms with Crippen molar-refractivity contribution in [2.24, 2.45) is 5.84 Å². The summed E-state index contributed by atoms with van der Waals surface area (Å²) in [5.74, 6) is 7.75. The lowest BCUT2D eigenvalue weighted by Crippen LogP contribution is -2.31. The average Bonchev–Trinajstić information content (AvgIpc) is 2.92. The highest BCUT2D eigenvalue weighted by Crippen LogP contribution is 2.29. The molecule has 1 aliphatic heterocycles. The molecule has 0 amide bonds. The first-order chi connectivity index (χ1) is 9.13. The molecule has 1 aromatic rings. The van der Waals surface area contributed by atoms with Gasteiger partial charge in [0.15, 0.2) is 0 Å². The Morgan fingerprint density at radius 3 is 3.00 bits per heavy atom. The van der Waals surface area contributed by atoms with Gasteiger partial charge in [0.25, 0.3) is 5.69 Å². The van der Waals surface area contributed by atoms with Gasteiger partial charge in [-0.2, -0.15) is 11.8 Å². The van der Waals surface area contributed by atoms with Crippen LogP contribution in [0.5, 0.6) is 0 Å². The van der Waals surface area contributed by atoms with Crippen molar-refractivity contribution in [1.29, 1.82) is 0 Å². The SMILES string of the molecule is CN(Cc1cccc([N+](=O)[O-])c1NN)C1CCSC1. The van der Waals surface area contributed by atoms with Gasteiger partial charge in [0.1, 0.15) is 5.69 Å². The molecule has 7 heteroatoms. The lowest BCUT2D eigenvalue weighted by Gasteiger charge is -2.24. The van der Waals surface area contributed by atoms with Crippen molar-refractivity contribution in [1.82, 2.24) is 4.90 Å². The number of rotatable bonds is 5. The molecular weight excluding hydrogens is 264 g/mol.